The number of benzene rings is 4. The molecule has 0 radical (unpaired) electrons. The third-order valence-electron chi connectivity index (χ3n) is 9.13. The molecule has 256 valence electrons. The van der Waals surface area contributed by atoms with Crippen LogP contribution in [0.15, 0.2) is 24.3 Å². The van der Waals surface area contributed by atoms with Gasteiger partial charge in [0.05, 0.1) is 5.66 Å². The zero-order valence-corrected chi connectivity index (χ0v) is 28.3. The number of hydrogen-bond acceptors (Lipinski definition) is 2. The average Bonchev–Trinajstić information content (AvgIpc) is 2.98. The summed E-state index contributed by atoms with van der Waals surface area (Å²) in [6.07, 6.45) is -5.74. The van der Waals surface area contributed by atoms with Gasteiger partial charge in [0.25, 0.3) is 10.7 Å². The lowest BCUT2D eigenvalue weighted by Gasteiger charge is -2.51. The van der Waals surface area contributed by atoms with Gasteiger partial charge in [0.2, 0.25) is 6.35 Å². The van der Waals surface area contributed by atoms with E-state index in [1.165, 1.54) is 6.92 Å². The minimum absolute atomic E-state index is 0.480. The fourth-order valence-corrected chi connectivity index (χ4v) is 17.6. The SMILES string of the molecule is Cc1cc(C)c([P+]2(c3c(C)cc(C)cc3C)[C@H](C)C[B-](c3c(F)c(F)c(F)c(F)c3F)(c3c(F)c(F)c(F)c(F)c3F)O[S@]2=O)c(C)c1. The van der Waals surface area contributed by atoms with Gasteiger partial charge in [-0.25, -0.2) is 43.9 Å². The molecule has 2 nitrogen and oxygen atoms in total. The lowest BCUT2D eigenvalue weighted by atomic mass is 9.29. The average molecular weight is 720 g/mol. The third-order valence-corrected chi connectivity index (χ3v) is 18.1. The van der Waals surface area contributed by atoms with Crippen molar-refractivity contribution in [2.45, 2.75) is 60.4 Å². The summed E-state index contributed by atoms with van der Waals surface area (Å²) in [4.78, 5) is 0. The largest absolute Gasteiger partial charge is 0.467 e. The molecule has 0 N–H and O–H groups in total. The maximum Gasteiger partial charge on any atom is 0.268 e. The Balaban J connectivity index is 2.00. The highest BCUT2D eigenvalue weighted by Gasteiger charge is 2.65. The van der Waals surface area contributed by atoms with Gasteiger partial charge in [0, 0.05) is 0 Å². The minimum Gasteiger partial charge on any atom is -0.467 e. The molecule has 1 saturated heterocycles. The maximum atomic E-state index is 15.7. The molecule has 1 heterocycles. The zero-order valence-electron chi connectivity index (χ0n) is 26.6. The third kappa shape index (κ3) is 4.95. The number of hydrogen-bond donors (Lipinski definition) is 0. The predicted molar refractivity (Wildman–Crippen MR) is 168 cm³/mol. The van der Waals surface area contributed by atoms with Gasteiger partial charge in [-0.05, 0) is 70.7 Å². The van der Waals surface area contributed by atoms with Crippen LogP contribution in [0.3, 0.4) is 0 Å². The Hall–Kier alpha value is -3.22. The van der Waals surface area contributed by atoms with Crippen LogP contribution in [0.25, 0.3) is 0 Å². The Kier molecular flexibility index (Phi) is 9.23. The van der Waals surface area contributed by atoms with Crippen molar-refractivity contribution in [2.75, 3.05) is 0 Å². The monoisotopic (exact) mass is 720 g/mol. The highest BCUT2D eigenvalue weighted by atomic mass is 32.8. The van der Waals surface area contributed by atoms with E-state index in [2.05, 4.69) is 0 Å². The van der Waals surface area contributed by atoms with Crippen molar-refractivity contribution in [2.24, 2.45) is 0 Å². The smallest absolute Gasteiger partial charge is 0.268 e. The van der Waals surface area contributed by atoms with E-state index in [1.807, 2.05) is 0 Å². The van der Waals surface area contributed by atoms with E-state index in [0.717, 1.165) is 11.1 Å². The summed E-state index contributed by atoms with van der Waals surface area (Å²) in [6, 6.07) is 7.09. The molecule has 0 aliphatic carbocycles. The minimum atomic E-state index is -4.68. The molecule has 0 saturated carbocycles. The summed E-state index contributed by atoms with van der Waals surface area (Å²) in [6.45, 7) is 8.18. The molecule has 0 aromatic heterocycles. The molecule has 48 heavy (non-hydrogen) atoms. The van der Waals surface area contributed by atoms with Crippen LogP contribution in [-0.2, 0) is 14.8 Å². The predicted octanol–water partition coefficient (Wildman–Crippen LogP) is 7.65. The Labute approximate surface area is 273 Å². The molecule has 15 heteroatoms. The molecule has 4 aromatic rings. The normalized spacial score (nSPS) is 18.8. The van der Waals surface area contributed by atoms with Crippen molar-refractivity contribution in [1.29, 1.82) is 0 Å². The highest BCUT2D eigenvalue weighted by molar-refractivity contribution is 8.58. The lowest BCUT2D eigenvalue weighted by molar-refractivity contribution is 0.378. The molecule has 1 aliphatic rings. The van der Waals surface area contributed by atoms with Crippen molar-refractivity contribution in [1.82, 2.24) is 0 Å². The number of aryl methyl sites for hydroxylation is 6. The van der Waals surface area contributed by atoms with Gasteiger partial charge in [-0.2, -0.15) is 4.21 Å². The van der Waals surface area contributed by atoms with Crippen LogP contribution in [0.2, 0.25) is 6.32 Å². The topological polar surface area (TPSA) is 26.3 Å². The Bertz CT molecular complexity index is 1840. The first-order chi connectivity index (χ1) is 22.2. The van der Waals surface area contributed by atoms with E-state index in [4.69, 9.17) is 4.10 Å². The standard InChI is InChI=1S/C33H28BF10O2PS/c1-13-8-15(3)32(16(4)9-13)47(33-17(5)10-14(2)11-18(33)6)19(7)12-34(46-48(47)45,20-22(35)26(39)30(43)27(40)23(20)36)21-24(37)28(41)31(44)29(42)25(21)38/h8-11,19H,12H2,1-7H3/t19-,48-/m1/s1. The molecular weight excluding hydrogens is 692 g/mol. The lowest BCUT2D eigenvalue weighted by Crippen LogP contribution is -2.69. The van der Waals surface area contributed by atoms with Crippen molar-refractivity contribution in [3.63, 3.8) is 0 Å². The summed E-state index contributed by atoms with van der Waals surface area (Å²) in [7, 11) is -2.97. The van der Waals surface area contributed by atoms with Gasteiger partial charge in [0.15, 0.2) is 41.4 Å². The van der Waals surface area contributed by atoms with Crippen LogP contribution < -0.4 is 21.5 Å². The second-order valence-corrected chi connectivity index (χ2v) is 18.8. The van der Waals surface area contributed by atoms with Crippen LogP contribution in [0, 0.1) is 99.7 Å². The zero-order chi connectivity index (χ0) is 35.9. The van der Waals surface area contributed by atoms with Crippen LogP contribution in [-0.4, -0.2) is 16.2 Å². The molecule has 0 spiro atoms. The summed E-state index contributed by atoms with van der Waals surface area (Å²) < 4.78 is 171. The molecular formula is C33H28BF10O2PS. The molecule has 0 amide bonds. The first-order valence-corrected chi connectivity index (χ1v) is 18.2. The Morgan fingerprint density at radius 1 is 0.562 bits per heavy atom. The number of halogens is 10. The molecule has 1 aliphatic heterocycles. The van der Waals surface area contributed by atoms with Crippen molar-refractivity contribution in [3.05, 3.63) is 116 Å². The van der Waals surface area contributed by atoms with Crippen LogP contribution in [0.4, 0.5) is 43.9 Å². The highest BCUT2D eigenvalue weighted by Crippen LogP contribution is 2.70. The first-order valence-electron chi connectivity index (χ1n) is 14.6. The first kappa shape index (κ1) is 36.1. The van der Waals surface area contributed by atoms with Crippen LogP contribution >= 0.6 is 6.46 Å². The van der Waals surface area contributed by atoms with Gasteiger partial charge in [0.1, 0.15) is 33.9 Å². The second kappa shape index (κ2) is 12.3. The fourth-order valence-electron chi connectivity index (χ4n) is 7.66. The van der Waals surface area contributed by atoms with Gasteiger partial charge < -0.3 is 4.10 Å². The van der Waals surface area contributed by atoms with E-state index < -0.39 is 105 Å². The van der Waals surface area contributed by atoms with Crippen LogP contribution in [0.1, 0.15) is 40.3 Å². The molecule has 5 rings (SSSR count). The van der Waals surface area contributed by atoms with Crippen molar-refractivity contribution < 1.29 is 52.2 Å². The van der Waals surface area contributed by atoms with E-state index in [9.17, 15) is 26.3 Å². The molecule has 1 fully saturated rings. The van der Waals surface area contributed by atoms with Gasteiger partial charge in [-0.3, -0.25) is 0 Å². The Morgan fingerprint density at radius 3 is 1.10 bits per heavy atom. The van der Waals surface area contributed by atoms with Gasteiger partial charge in [-0.15, -0.1) is 6.32 Å². The summed E-state index contributed by atoms with van der Waals surface area (Å²) in [5.74, 6) is -26.0. The summed E-state index contributed by atoms with van der Waals surface area (Å²) >= 11 is 0. The summed E-state index contributed by atoms with van der Waals surface area (Å²) in [5.41, 5.74) is -1.22. The quantitative estimate of drug-likeness (QED) is 0.0713. The van der Waals surface area contributed by atoms with Crippen LogP contribution in [0.5, 0.6) is 0 Å². The van der Waals surface area contributed by atoms with Gasteiger partial charge >= 0.3 is 0 Å². The molecule has 2 atom stereocenters. The molecule has 0 bridgehead atoms. The fraction of sp³-hybridized carbons (Fsp3) is 0.273. The Morgan fingerprint density at radius 2 is 0.833 bits per heavy atom. The maximum absolute atomic E-state index is 15.7. The van der Waals surface area contributed by atoms with E-state index in [1.54, 1.807) is 65.8 Å². The second-order valence-electron chi connectivity index (χ2n) is 12.5. The molecule has 0 unspecified atom stereocenters. The summed E-state index contributed by atoms with van der Waals surface area (Å²) in [5, 5.41) is 0.960. The van der Waals surface area contributed by atoms with Crippen molar-refractivity contribution >= 4 is 45.0 Å². The molecule has 4 aromatic carbocycles. The van der Waals surface area contributed by atoms with Gasteiger partial charge in [-0.1, -0.05) is 46.3 Å². The van der Waals surface area contributed by atoms with E-state index >= 15 is 21.8 Å². The van der Waals surface area contributed by atoms with Crippen molar-refractivity contribution in [3.8, 4) is 0 Å². The van der Waals surface area contributed by atoms with E-state index in [-0.39, 0.29) is 0 Å². The number of rotatable bonds is 4. The van der Waals surface area contributed by atoms with E-state index in [0.29, 0.717) is 32.9 Å².